The van der Waals surface area contributed by atoms with Crippen LogP contribution in [0.15, 0.2) is 24.3 Å². The van der Waals surface area contributed by atoms with E-state index in [2.05, 4.69) is 43.5 Å². The molecule has 0 aliphatic carbocycles. The number of aliphatic hydroxyl groups is 2. The fourth-order valence-corrected chi connectivity index (χ4v) is 11.0. The molecule has 0 aliphatic heterocycles. The number of esters is 1. The normalized spacial score (nSPS) is 12.6. The predicted octanol–water partition coefficient (Wildman–Crippen LogP) is 22.1. The fraction of sp³-hybridized carbons (Fsp3) is 0.914. The van der Waals surface area contributed by atoms with Crippen LogP contribution in [0.4, 0.5) is 0 Å². The van der Waals surface area contributed by atoms with Gasteiger partial charge in [0, 0.05) is 12.8 Å². The summed E-state index contributed by atoms with van der Waals surface area (Å²) < 4.78 is 5.50. The molecule has 0 radical (unpaired) electrons. The first-order valence-corrected chi connectivity index (χ1v) is 34.6. The summed E-state index contributed by atoms with van der Waals surface area (Å²) in [7, 11) is 0. The van der Waals surface area contributed by atoms with Crippen LogP contribution in [0.2, 0.25) is 0 Å². The minimum absolute atomic E-state index is 0.00118. The molecule has 0 aromatic carbocycles. The second kappa shape index (κ2) is 65.9. The van der Waals surface area contributed by atoms with Crippen molar-refractivity contribution in [3.8, 4) is 0 Å². The largest absolute Gasteiger partial charge is 0.466 e. The van der Waals surface area contributed by atoms with Crippen molar-refractivity contribution in [3.05, 3.63) is 24.3 Å². The van der Waals surface area contributed by atoms with E-state index >= 15 is 0 Å². The highest BCUT2D eigenvalue weighted by Gasteiger charge is 2.20. The lowest BCUT2D eigenvalue weighted by Crippen LogP contribution is -2.45. The van der Waals surface area contributed by atoms with Crippen LogP contribution >= 0.6 is 0 Å². The summed E-state index contributed by atoms with van der Waals surface area (Å²) >= 11 is 0. The van der Waals surface area contributed by atoms with Gasteiger partial charge in [0.2, 0.25) is 5.91 Å². The number of rotatable bonds is 65. The van der Waals surface area contributed by atoms with Crippen LogP contribution < -0.4 is 5.32 Å². The van der Waals surface area contributed by atoms with E-state index in [1.54, 1.807) is 0 Å². The van der Waals surface area contributed by atoms with E-state index in [4.69, 9.17) is 4.74 Å². The Balaban J connectivity index is 3.40. The molecule has 0 saturated heterocycles. The molecule has 2 unspecified atom stereocenters. The van der Waals surface area contributed by atoms with Gasteiger partial charge in [-0.2, -0.15) is 0 Å². The first kappa shape index (κ1) is 74.3. The Morgan fingerprint density at radius 3 is 1.01 bits per heavy atom. The van der Waals surface area contributed by atoms with E-state index in [0.29, 0.717) is 25.9 Å². The first-order chi connectivity index (χ1) is 37.5. The molecule has 0 bridgehead atoms. The average Bonchev–Trinajstić information content (AvgIpc) is 3.42. The third kappa shape index (κ3) is 61.6. The minimum atomic E-state index is -0.669. The first-order valence-electron chi connectivity index (χ1n) is 34.6. The van der Waals surface area contributed by atoms with Crippen molar-refractivity contribution in [3.63, 3.8) is 0 Å². The van der Waals surface area contributed by atoms with Gasteiger partial charge in [0.15, 0.2) is 0 Å². The molecule has 2 atom stereocenters. The van der Waals surface area contributed by atoms with Gasteiger partial charge in [-0.15, -0.1) is 0 Å². The number of ether oxygens (including phenoxy) is 1. The number of hydrogen-bond donors (Lipinski definition) is 3. The summed E-state index contributed by atoms with van der Waals surface area (Å²) in [5.41, 5.74) is 0. The van der Waals surface area contributed by atoms with Gasteiger partial charge < -0.3 is 20.3 Å². The Morgan fingerprint density at radius 1 is 0.368 bits per heavy atom. The van der Waals surface area contributed by atoms with E-state index in [1.807, 2.05) is 0 Å². The SMILES string of the molecule is CCCCCC/C=C\C/C=C\CCCCCCCCCC(=O)OCCCCCCCCCCCCCCCCCCCCC(=O)NC(CO)C(O)CCCCCCCCCCCCCCCCCCCCCCCCC. The molecule has 1 amide bonds. The molecule has 3 N–H and O–H groups in total. The number of carbonyl (C=O) groups is 2. The number of hydrogen-bond acceptors (Lipinski definition) is 5. The molecule has 0 heterocycles. The lowest BCUT2D eigenvalue weighted by atomic mass is 10.0. The maximum atomic E-state index is 12.5. The molecule has 450 valence electrons. The van der Waals surface area contributed by atoms with E-state index in [0.717, 1.165) is 51.4 Å². The molecular weight excluding hydrogens is 935 g/mol. The number of unbranched alkanes of at least 4 members (excludes halogenated alkanes) is 50. The molecule has 0 aliphatic rings. The predicted molar refractivity (Wildman–Crippen MR) is 333 cm³/mol. The van der Waals surface area contributed by atoms with E-state index in [9.17, 15) is 19.8 Å². The van der Waals surface area contributed by atoms with Crippen LogP contribution in [0.5, 0.6) is 0 Å². The van der Waals surface area contributed by atoms with Gasteiger partial charge in [-0.3, -0.25) is 9.59 Å². The van der Waals surface area contributed by atoms with Crippen LogP contribution in [0.25, 0.3) is 0 Å². The van der Waals surface area contributed by atoms with Crippen LogP contribution in [-0.4, -0.2) is 47.4 Å². The third-order valence-corrected chi connectivity index (χ3v) is 16.3. The summed E-state index contributed by atoms with van der Waals surface area (Å²) in [6.45, 7) is 4.96. The molecule has 6 nitrogen and oxygen atoms in total. The van der Waals surface area contributed by atoms with Crippen LogP contribution in [0.1, 0.15) is 386 Å². The summed E-state index contributed by atoms with van der Waals surface area (Å²) in [6.07, 6.45) is 82.0. The zero-order valence-electron chi connectivity index (χ0n) is 51.5. The molecule has 0 rings (SSSR count). The average molecular weight is 1070 g/mol. The highest BCUT2D eigenvalue weighted by Crippen LogP contribution is 2.19. The van der Waals surface area contributed by atoms with E-state index in [1.165, 1.54) is 302 Å². The quantitative estimate of drug-likeness (QED) is 0.0320. The van der Waals surface area contributed by atoms with Crippen molar-refractivity contribution < 1.29 is 24.5 Å². The van der Waals surface area contributed by atoms with Gasteiger partial charge in [0.25, 0.3) is 0 Å². The summed E-state index contributed by atoms with van der Waals surface area (Å²) in [4.78, 5) is 24.7. The van der Waals surface area contributed by atoms with Gasteiger partial charge in [0.05, 0.1) is 25.4 Å². The topological polar surface area (TPSA) is 95.9 Å². The number of aliphatic hydroxyl groups excluding tert-OH is 2. The third-order valence-electron chi connectivity index (χ3n) is 16.3. The van der Waals surface area contributed by atoms with Crippen molar-refractivity contribution in [1.82, 2.24) is 5.32 Å². The Labute approximate surface area is 475 Å². The zero-order chi connectivity index (χ0) is 55.0. The number of allylic oxidation sites excluding steroid dienone is 4. The van der Waals surface area contributed by atoms with Crippen molar-refractivity contribution in [2.24, 2.45) is 0 Å². The molecule has 6 heteroatoms. The lowest BCUT2D eigenvalue weighted by molar-refractivity contribution is -0.143. The van der Waals surface area contributed by atoms with E-state index in [-0.39, 0.29) is 18.5 Å². The number of amides is 1. The zero-order valence-corrected chi connectivity index (χ0v) is 51.5. The van der Waals surface area contributed by atoms with Crippen LogP contribution in [0, 0.1) is 0 Å². The molecule has 0 saturated carbocycles. The van der Waals surface area contributed by atoms with Gasteiger partial charge in [-0.05, 0) is 57.8 Å². The Bertz CT molecular complexity index is 1190. The van der Waals surface area contributed by atoms with Crippen molar-refractivity contribution in [1.29, 1.82) is 0 Å². The summed E-state index contributed by atoms with van der Waals surface area (Å²) in [5.74, 6) is -0.0335. The highest BCUT2D eigenvalue weighted by molar-refractivity contribution is 5.76. The van der Waals surface area contributed by atoms with Crippen LogP contribution in [0.3, 0.4) is 0 Å². The molecule has 0 aromatic heterocycles. The van der Waals surface area contributed by atoms with Gasteiger partial charge >= 0.3 is 5.97 Å². The maximum absolute atomic E-state index is 12.5. The van der Waals surface area contributed by atoms with Crippen LogP contribution in [-0.2, 0) is 14.3 Å². The highest BCUT2D eigenvalue weighted by atomic mass is 16.5. The van der Waals surface area contributed by atoms with E-state index < -0.39 is 12.1 Å². The second-order valence-corrected chi connectivity index (χ2v) is 23.9. The Morgan fingerprint density at radius 2 is 0.658 bits per heavy atom. The number of carbonyl (C=O) groups excluding carboxylic acids is 2. The van der Waals surface area contributed by atoms with Gasteiger partial charge in [-0.1, -0.05) is 340 Å². The minimum Gasteiger partial charge on any atom is -0.466 e. The van der Waals surface area contributed by atoms with Crippen molar-refractivity contribution in [2.75, 3.05) is 13.2 Å². The molecular formula is C70H135NO5. The Hall–Kier alpha value is -1.66. The second-order valence-electron chi connectivity index (χ2n) is 23.9. The molecule has 0 spiro atoms. The standard InChI is InChI=1S/C70H135NO5/c1-3-5-7-9-11-13-15-17-19-21-23-24-25-26-27-30-34-38-42-46-50-54-58-62-68(73)67(66-72)71-69(74)63-59-55-51-47-43-39-35-31-28-29-33-37-41-45-49-53-57-61-65-76-70(75)64-60-56-52-48-44-40-36-32-22-20-18-16-14-12-10-8-6-4-2/h14,16,20,22,67-68,72-73H,3-13,15,17-19,21,23-66H2,1-2H3,(H,71,74)/b16-14-,22-20-. The smallest absolute Gasteiger partial charge is 0.305 e. The molecule has 0 aromatic rings. The number of nitrogens with one attached hydrogen (secondary N) is 1. The summed E-state index contributed by atoms with van der Waals surface area (Å²) in [5, 5.41) is 23.4. The van der Waals surface area contributed by atoms with Crippen molar-refractivity contribution >= 4 is 11.9 Å². The Kier molecular flexibility index (Phi) is 64.4. The summed E-state index contributed by atoms with van der Waals surface area (Å²) in [6, 6.07) is -0.546. The molecule has 76 heavy (non-hydrogen) atoms. The van der Waals surface area contributed by atoms with Gasteiger partial charge in [-0.25, -0.2) is 0 Å². The van der Waals surface area contributed by atoms with Gasteiger partial charge in [0.1, 0.15) is 0 Å². The van der Waals surface area contributed by atoms with Crippen molar-refractivity contribution in [2.45, 2.75) is 398 Å². The maximum Gasteiger partial charge on any atom is 0.305 e. The molecule has 0 fully saturated rings. The fourth-order valence-electron chi connectivity index (χ4n) is 11.0. The monoisotopic (exact) mass is 1070 g/mol. The lowest BCUT2D eigenvalue weighted by Gasteiger charge is -2.22.